The van der Waals surface area contributed by atoms with Crippen molar-refractivity contribution in [2.24, 2.45) is 0 Å². The van der Waals surface area contributed by atoms with E-state index in [1.165, 1.54) is 6.92 Å². The Morgan fingerprint density at radius 1 is 1.19 bits per heavy atom. The van der Waals surface area contributed by atoms with E-state index in [1.807, 2.05) is 48.5 Å². The second-order valence-corrected chi connectivity index (χ2v) is 6.11. The Morgan fingerprint density at radius 2 is 1.86 bits per heavy atom. The average Bonchev–Trinajstić information content (AvgIpc) is 2.46. The number of hydrogen-bond acceptors (Lipinski definition) is 2. The van der Waals surface area contributed by atoms with E-state index in [0.717, 1.165) is 21.2 Å². The fourth-order valence-corrected chi connectivity index (χ4v) is 2.72. The lowest BCUT2D eigenvalue weighted by Crippen LogP contribution is -2.35. The van der Waals surface area contributed by atoms with Crippen molar-refractivity contribution < 1.29 is 15.0 Å². The first kappa shape index (κ1) is 15.7. The topological polar surface area (TPSA) is 57.5 Å². The number of rotatable bonds is 5. The summed E-state index contributed by atoms with van der Waals surface area (Å²) in [5.74, 6) is -1.19. The Bertz CT molecular complexity index is 636. The molecule has 0 heterocycles. The number of carbonyl (C=O) groups is 1. The SMILES string of the molecule is CC(O)(CCc1ccc(-c2ccccc2)c(Br)c1)C(=O)O. The molecule has 0 spiro atoms. The van der Waals surface area contributed by atoms with Crippen molar-refractivity contribution in [3.63, 3.8) is 0 Å². The molecular weight excluding hydrogens is 332 g/mol. The van der Waals surface area contributed by atoms with E-state index in [1.54, 1.807) is 0 Å². The number of benzene rings is 2. The molecule has 0 aliphatic rings. The van der Waals surface area contributed by atoms with Crippen LogP contribution in [0.1, 0.15) is 18.9 Å². The van der Waals surface area contributed by atoms with Crippen LogP contribution in [0.5, 0.6) is 0 Å². The van der Waals surface area contributed by atoms with E-state index in [0.29, 0.717) is 6.42 Å². The molecule has 2 aromatic rings. The van der Waals surface area contributed by atoms with Gasteiger partial charge in [0.05, 0.1) is 0 Å². The van der Waals surface area contributed by atoms with Crippen molar-refractivity contribution in [1.29, 1.82) is 0 Å². The highest BCUT2D eigenvalue weighted by molar-refractivity contribution is 9.10. The first-order valence-electron chi connectivity index (χ1n) is 6.70. The van der Waals surface area contributed by atoms with Gasteiger partial charge in [0.2, 0.25) is 0 Å². The van der Waals surface area contributed by atoms with Crippen LogP contribution in [0.25, 0.3) is 11.1 Å². The summed E-state index contributed by atoms with van der Waals surface area (Å²) in [6.07, 6.45) is 0.687. The lowest BCUT2D eigenvalue weighted by molar-refractivity contribution is -0.157. The van der Waals surface area contributed by atoms with Crippen LogP contribution in [0.2, 0.25) is 0 Å². The van der Waals surface area contributed by atoms with Crippen LogP contribution in [-0.4, -0.2) is 21.8 Å². The molecule has 110 valence electrons. The maximum atomic E-state index is 10.9. The molecule has 1 atom stereocenters. The Morgan fingerprint density at radius 3 is 2.43 bits per heavy atom. The quantitative estimate of drug-likeness (QED) is 0.861. The third-order valence-corrected chi connectivity index (χ3v) is 4.14. The molecule has 0 aliphatic heterocycles. The first-order valence-corrected chi connectivity index (χ1v) is 7.49. The molecule has 4 heteroatoms. The molecule has 0 amide bonds. The maximum absolute atomic E-state index is 10.9. The molecule has 2 rings (SSSR count). The minimum atomic E-state index is -1.69. The summed E-state index contributed by atoms with van der Waals surface area (Å²) >= 11 is 3.55. The van der Waals surface area contributed by atoms with E-state index in [2.05, 4.69) is 15.9 Å². The van der Waals surface area contributed by atoms with Crippen molar-refractivity contribution in [1.82, 2.24) is 0 Å². The average molecular weight is 349 g/mol. The number of aryl methyl sites for hydroxylation is 1. The Hall–Kier alpha value is -1.65. The van der Waals surface area contributed by atoms with Gasteiger partial charge in [-0.15, -0.1) is 0 Å². The zero-order chi connectivity index (χ0) is 15.5. The van der Waals surface area contributed by atoms with Gasteiger partial charge in [-0.1, -0.05) is 58.4 Å². The number of halogens is 1. The van der Waals surface area contributed by atoms with Crippen LogP contribution in [0.15, 0.2) is 53.0 Å². The summed E-state index contributed by atoms with van der Waals surface area (Å²) < 4.78 is 0.959. The smallest absolute Gasteiger partial charge is 0.335 e. The summed E-state index contributed by atoms with van der Waals surface area (Å²) in [5, 5.41) is 18.7. The summed E-state index contributed by atoms with van der Waals surface area (Å²) in [5.41, 5.74) is 1.51. The molecule has 2 aromatic carbocycles. The highest BCUT2D eigenvalue weighted by atomic mass is 79.9. The Kier molecular flexibility index (Phi) is 4.80. The number of carboxylic acid groups (broad SMARTS) is 1. The molecule has 0 fully saturated rings. The minimum absolute atomic E-state index is 0.180. The highest BCUT2D eigenvalue weighted by Gasteiger charge is 2.29. The normalized spacial score (nSPS) is 13.7. The van der Waals surface area contributed by atoms with Crippen LogP contribution in [0.3, 0.4) is 0 Å². The highest BCUT2D eigenvalue weighted by Crippen LogP contribution is 2.29. The second-order valence-electron chi connectivity index (χ2n) is 5.26. The van der Waals surface area contributed by atoms with Crippen LogP contribution in [-0.2, 0) is 11.2 Å². The molecule has 2 N–H and O–H groups in total. The lowest BCUT2D eigenvalue weighted by Gasteiger charge is -2.17. The van der Waals surface area contributed by atoms with Crippen LogP contribution < -0.4 is 0 Å². The number of aliphatic hydroxyl groups is 1. The molecule has 0 aromatic heterocycles. The molecule has 0 saturated carbocycles. The fraction of sp³-hybridized carbons (Fsp3) is 0.235. The van der Waals surface area contributed by atoms with Gasteiger partial charge in [-0.3, -0.25) is 0 Å². The summed E-state index contributed by atoms with van der Waals surface area (Å²) in [6, 6.07) is 16.0. The van der Waals surface area contributed by atoms with E-state index >= 15 is 0 Å². The monoisotopic (exact) mass is 348 g/mol. The molecular formula is C17H17BrO3. The van der Waals surface area contributed by atoms with Crippen molar-refractivity contribution in [2.45, 2.75) is 25.4 Å². The van der Waals surface area contributed by atoms with Crippen LogP contribution >= 0.6 is 15.9 Å². The third kappa shape index (κ3) is 3.93. The number of carboxylic acids is 1. The van der Waals surface area contributed by atoms with Gasteiger partial charge >= 0.3 is 5.97 Å². The second kappa shape index (κ2) is 6.41. The van der Waals surface area contributed by atoms with Gasteiger partial charge in [0.1, 0.15) is 0 Å². The van der Waals surface area contributed by atoms with Gasteiger partial charge < -0.3 is 10.2 Å². The molecule has 0 radical (unpaired) electrons. The van der Waals surface area contributed by atoms with E-state index in [4.69, 9.17) is 5.11 Å². The van der Waals surface area contributed by atoms with Crippen LogP contribution in [0, 0.1) is 0 Å². The lowest BCUT2D eigenvalue weighted by atomic mass is 9.96. The van der Waals surface area contributed by atoms with Gasteiger partial charge in [0.15, 0.2) is 5.60 Å². The van der Waals surface area contributed by atoms with Gasteiger partial charge in [-0.05, 0) is 42.5 Å². The molecule has 1 unspecified atom stereocenters. The number of hydrogen-bond donors (Lipinski definition) is 2. The van der Waals surface area contributed by atoms with Crippen LogP contribution in [0.4, 0.5) is 0 Å². The van der Waals surface area contributed by atoms with Gasteiger partial charge in [0.25, 0.3) is 0 Å². The van der Waals surface area contributed by atoms with Crippen molar-refractivity contribution in [3.8, 4) is 11.1 Å². The predicted octanol–water partition coefficient (Wildman–Crippen LogP) is 3.88. The van der Waals surface area contributed by atoms with E-state index < -0.39 is 11.6 Å². The Labute approximate surface area is 132 Å². The summed E-state index contributed by atoms with van der Waals surface area (Å²) in [6.45, 7) is 1.32. The first-order chi connectivity index (χ1) is 9.90. The summed E-state index contributed by atoms with van der Waals surface area (Å²) in [7, 11) is 0. The molecule has 21 heavy (non-hydrogen) atoms. The molecule has 0 bridgehead atoms. The Balaban J connectivity index is 2.15. The predicted molar refractivity (Wildman–Crippen MR) is 86.2 cm³/mol. The van der Waals surface area contributed by atoms with Crippen molar-refractivity contribution in [3.05, 3.63) is 58.6 Å². The molecule has 0 aliphatic carbocycles. The van der Waals surface area contributed by atoms with Crippen molar-refractivity contribution in [2.75, 3.05) is 0 Å². The standard InChI is InChI=1S/C17H17BrO3/c1-17(21,16(19)20)10-9-12-7-8-14(15(18)11-12)13-5-3-2-4-6-13/h2-8,11,21H,9-10H2,1H3,(H,19,20). The van der Waals surface area contributed by atoms with Gasteiger partial charge in [-0.2, -0.15) is 0 Å². The number of aliphatic carboxylic acids is 1. The third-order valence-electron chi connectivity index (χ3n) is 3.48. The van der Waals surface area contributed by atoms with Crippen molar-refractivity contribution >= 4 is 21.9 Å². The van der Waals surface area contributed by atoms with Gasteiger partial charge in [-0.25, -0.2) is 4.79 Å². The zero-order valence-corrected chi connectivity index (χ0v) is 13.3. The zero-order valence-electron chi connectivity index (χ0n) is 11.7. The largest absolute Gasteiger partial charge is 0.479 e. The molecule has 3 nitrogen and oxygen atoms in total. The summed E-state index contributed by atoms with van der Waals surface area (Å²) in [4.78, 5) is 10.9. The maximum Gasteiger partial charge on any atom is 0.335 e. The molecule has 0 saturated heterocycles. The van der Waals surface area contributed by atoms with Gasteiger partial charge in [0, 0.05) is 4.47 Å². The van der Waals surface area contributed by atoms with E-state index in [9.17, 15) is 9.90 Å². The minimum Gasteiger partial charge on any atom is -0.479 e. The fourth-order valence-electron chi connectivity index (χ4n) is 2.06. The van der Waals surface area contributed by atoms with E-state index in [-0.39, 0.29) is 6.42 Å².